The molecule has 17 heavy (non-hydrogen) atoms. The van der Waals surface area contributed by atoms with Crippen molar-refractivity contribution in [2.45, 2.75) is 25.0 Å². The molecule has 1 amide bonds. The molecule has 0 radical (unpaired) electrons. The molecule has 0 spiro atoms. The number of ether oxygens (including phenoxy) is 1. The molecule has 1 saturated carbocycles. The van der Waals surface area contributed by atoms with E-state index in [1.165, 1.54) is 0 Å². The summed E-state index contributed by atoms with van der Waals surface area (Å²) in [6, 6.07) is 8.36. The van der Waals surface area contributed by atoms with E-state index in [0.717, 1.165) is 24.2 Å². The van der Waals surface area contributed by atoms with Crippen LogP contribution in [0.3, 0.4) is 0 Å². The first-order chi connectivity index (χ1) is 8.29. The van der Waals surface area contributed by atoms with Gasteiger partial charge in [-0.1, -0.05) is 12.1 Å². The molecule has 1 aliphatic carbocycles. The zero-order valence-corrected chi connectivity index (χ0v) is 9.85. The van der Waals surface area contributed by atoms with Crippen LogP contribution in [0.1, 0.15) is 24.6 Å². The van der Waals surface area contributed by atoms with Gasteiger partial charge in [0.25, 0.3) is 0 Å². The van der Waals surface area contributed by atoms with Crippen molar-refractivity contribution in [2.24, 2.45) is 0 Å². The van der Waals surface area contributed by atoms with Gasteiger partial charge in [0.1, 0.15) is 11.9 Å². The minimum atomic E-state index is 0.0425. The van der Waals surface area contributed by atoms with Crippen LogP contribution in [0.15, 0.2) is 24.3 Å². The molecule has 1 aromatic carbocycles. The predicted octanol–water partition coefficient (Wildman–Crippen LogP) is 1.29. The van der Waals surface area contributed by atoms with E-state index in [4.69, 9.17) is 4.74 Å². The fourth-order valence-corrected chi connectivity index (χ4v) is 2.35. The molecule has 1 aromatic rings. The standard InChI is InChI=1S/C13H16N2O2/c1-17-11-6-2-9(3-7-11)13-14-8-12(16)15(13)10-4-5-10/h2-3,6-7,10,13-14H,4-5,8H2,1H3. The van der Waals surface area contributed by atoms with Crippen LogP contribution in [0, 0.1) is 0 Å². The Kier molecular flexibility index (Phi) is 2.52. The molecule has 2 fully saturated rings. The van der Waals surface area contributed by atoms with E-state index in [1.807, 2.05) is 29.2 Å². The second kappa shape index (κ2) is 4.04. The van der Waals surface area contributed by atoms with E-state index in [2.05, 4.69) is 5.32 Å². The summed E-state index contributed by atoms with van der Waals surface area (Å²) in [5.74, 6) is 1.06. The molecule has 0 bridgehead atoms. The van der Waals surface area contributed by atoms with E-state index >= 15 is 0 Å². The minimum Gasteiger partial charge on any atom is -0.497 e. The molecule has 1 aliphatic heterocycles. The predicted molar refractivity (Wildman–Crippen MR) is 63.6 cm³/mol. The first-order valence-electron chi connectivity index (χ1n) is 5.98. The van der Waals surface area contributed by atoms with Crippen molar-refractivity contribution < 1.29 is 9.53 Å². The second-order valence-corrected chi connectivity index (χ2v) is 4.59. The molecular weight excluding hydrogens is 216 g/mol. The van der Waals surface area contributed by atoms with Gasteiger partial charge in [-0.05, 0) is 30.5 Å². The molecule has 4 nitrogen and oxygen atoms in total. The van der Waals surface area contributed by atoms with Gasteiger partial charge in [-0.15, -0.1) is 0 Å². The summed E-state index contributed by atoms with van der Waals surface area (Å²) >= 11 is 0. The molecule has 0 aromatic heterocycles. The Hall–Kier alpha value is -1.55. The summed E-state index contributed by atoms with van der Waals surface area (Å²) in [6.07, 6.45) is 2.32. The summed E-state index contributed by atoms with van der Waals surface area (Å²) in [4.78, 5) is 13.8. The Bertz CT molecular complexity index is 426. The summed E-state index contributed by atoms with van der Waals surface area (Å²) in [7, 11) is 1.66. The fraction of sp³-hybridized carbons (Fsp3) is 0.462. The van der Waals surface area contributed by atoms with E-state index < -0.39 is 0 Å². The van der Waals surface area contributed by atoms with Crippen molar-refractivity contribution in [1.82, 2.24) is 10.2 Å². The molecule has 1 atom stereocenters. The van der Waals surface area contributed by atoms with Crippen molar-refractivity contribution in [3.8, 4) is 5.75 Å². The van der Waals surface area contributed by atoms with E-state index in [1.54, 1.807) is 7.11 Å². The maximum atomic E-state index is 11.8. The molecule has 1 saturated heterocycles. The van der Waals surface area contributed by atoms with Crippen LogP contribution in [0.2, 0.25) is 0 Å². The van der Waals surface area contributed by atoms with Gasteiger partial charge in [0.15, 0.2) is 0 Å². The van der Waals surface area contributed by atoms with Gasteiger partial charge in [0.2, 0.25) is 5.91 Å². The smallest absolute Gasteiger partial charge is 0.238 e. The molecule has 1 unspecified atom stereocenters. The van der Waals surface area contributed by atoms with Gasteiger partial charge in [-0.25, -0.2) is 0 Å². The molecule has 2 aliphatic rings. The Morgan fingerprint density at radius 1 is 1.29 bits per heavy atom. The van der Waals surface area contributed by atoms with E-state index in [0.29, 0.717) is 12.6 Å². The second-order valence-electron chi connectivity index (χ2n) is 4.59. The summed E-state index contributed by atoms with van der Waals surface area (Å²) in [6.45, 7) is 0.452. The average molecular weight is 232 g/mol. The number of nitrogens with zero attached hydrogens (tertiary/aromatic N) is 1. The molecule has 1 heterocycles. The normalized spacial score (nSPS) is 24.2. The third-order valence-electron chi connectivity index (χ3n) is 3.38. The Morgan fingerprint density at radius 3 is 2.59 bits per heavy atom. The largest absolute Gasteiger partial charge is 0.497 e. The number of nitrogens with one attached hydrogen (secondary N) is 1. The highest BCUT2D eigenvalue weighted by Crippen LogP contribution is 2.35. The van der Waals surface area contributed by atoms with Crippen LogP contribution in [-0.2, 0) is 4.79 Å². The highest BCUT2D eigenvalue weighted by atomic mass is 16.5. The van der Waals surface area contributed by atoms with Crippen molar-refractivity contribution in [2.75, 3.05) is 13.7 Å². The van der Waals surface area contributed by atoms with Crippen LogP contribution in [-0.4, -0.2) is 30.5 Å². The highest BCUT2D eigenvalue weighted by molar-refractivity contribution is 5.81. The topological polar surface area (TPSA) is 41.6 Å². The van der Waals surface area contributed by atoms with E-state index in [9.17, 15) is 4.79 Å². The number of hydrogen-bond acceptors (Lipinski definition) is 3. The monoisotopic (exact) mass is 232 g/mol. The number of carbonyl (C=O) groups is 1. The van der Waals surface area contributed by atoms with Crippen molar-refractivity contribution in [1.29, 1.82) is 0 Å². The van der Waals surface area contributed by atoms with Crippen molar-refractivity contribution >= 4 is 5.91 Å². The molecule has 1 N–H and O–H groups in total. The SMILES string of the molecule is COc1ccc(C2NCC(=O)N2C2CC2)cc1. The van der Waals surface area contributed by atoms with Crippen LogP contribution in [0.4, 0.5) is 0 Å². The Labute approximate surface area is 101 Å². The average Bonchev–Trinajstić information content (AvgIpc) is 3.13. The van der Waals surface area contributed by atoms with Gasteiger partial charge < -0.3 is 9.64 Å². The van der Waals surface area contributed by atoms with Gasteiger partial charge >= 0.3 is 0 Å². The van der Waals surface area contributed by atoms with Gasteiger partial charge in [0.05, 0.1) is 13.7 Å². The lowest BCUT2D eigenvalue weighted by atomic mass is 10.1. The first kappa shape index (κ1) is 10.6. The summed E-state index contributed by atoms with van der Waals surface area (Å²) in [5.41, 5.74) is 1.13. The van der Waals surface area contributed by atoms with Crippen molar-refractivity contribution in [3.63, 3.8) is 0 Å². The summed E-state index contributed by atoms with van der Waals surface area (Å²) in [5, 5.41) is 3.27. The molecule has 3 rings (SSSR count). The summed E-state index contributed by atoms with van der Waals surface area (Å²) < 4.78 is 5.14. The lowest BCUT2D eigenvalue weighted by Crippen LogP contribution is -2.32. The van der Waals surface area contributed by atoms with Crippen LogP contribution < -0.4 is 10.1 Å². The Balaban J connectivity index is 1.84. The number of rotatable bonds is 3. The zero-order chi connectivity index (χ0) is 11.8. The maximum Gasteiger partial charge on any atom is 0.238 e. The lowest BCUT2D eigenvalue weighted by molar-refractivity contribution is -0.128. The minimum absolute atomic E-state index is 0.0425. The Morgan fingerprint density at radius 2 is 2.00 bits per heavy atom. The van der Waals surface area contributed by atoms with Gasteiger partial charge in [-0.3, -0.25) is 10.1 Å². The van der Waals surface area contributed by atoms with Gasteiger partial charge in [-0.2, -0.15) is 0 Å². The van der Waals surface area contributed by atoms with E-state index in [-0.39, 0.29) is 12.1 Å². The highest BCUT2D eigenvalue weighted by Gasteiger charge is 2.41. The molecular formula is C13H16N2O2. The van der Waals surface area contributed by atoms with Crippen LogP contribution in [0.5, 0.6) is 5.75 Å². The third kappa shape index (κ3) is 1.89. The lowest BCUT2D eigenvalue weighted by Gasteiger charge is -2.24. The van der Waals surface area contributed by atoms with Crippen LogP contribution in [0.25, 0.3) is 0 Å². The number of amides is 1. The van der Waals surface area contributed by atoms with Crippen LogP contribution >= 0.6 is 0 Å². The quantitative estimate of drug-likeness (QED) is 0.853. The number of methoxy groups -OCH3 is 1. The first-order valence-corrected chi connectivity index (χ1v) is 5.98. The maximum absolute atomic E-state index is 11.8. The van der Waals surface area contributed by atoms with Gasteiger partial charge in [0, 0.05) is 6.04 Å². The van der Waals surface area contributed by atoms with Crippen molar-refractivity contribution in [3.05, 3.63) is 29.8 Å². The molecule has 4 heteroatoms. The number of benzene rings is 1. The third-order valence-corrected chi connectivity index (χ3v) is 3.38. The fourth-order valence-electron chi connectivity index (χ4n) is 2.35. The zero-order valence-electron chi connectivity index (χ0n) is 9.85. The number of carbonyl (C=O) groups excluding carboxylic acids is 1. The number of hydrogen-bond donors (Lipinski definition) is 1. The molecule has 90 valence electrons.